The molecule has 0 aliphatic carbocycles. The molecule has 0 aromatic heterocycles. The van der Waals surface area contributed by atoms with E-state index >= 15 is 0 Å². The molecule has 0 spiro atoms. The van der Waals surface area contributed by atoms with E-state index in [9.17, 15) is 13.2 Å². The first-order valence-corrected chi connectivity index (χ1v) is 15.0. The molecule has 5 rings (SSSR count). The molecule has 38 heavy (non-hydrogen) atoms. The quantitative estimate of drug-likeness (QED) is 0.376. The number of sulfonamides is 1. The van der Waals surface area contributed by atoms with E-state index in [0.717, 1.165) is 36.4 Å². The zero-order valence-corrected chi connectivity index (χ0v) is 22.5. The molecule has 1 N–H and O–H groups in total. The predicted octanol–water partition coefficient (Wildman–Crippen LogP) is 5.34. The van der Waals surface area contributed by atoms with E-state index in [-0.39, 0.29) is 10.8 Å². The SMILES string of the molecule is O=C(c1ccc(OCCCN2CCCCC2)cc1)N1CCCc2c(NS(=O)(=O)c3ccccc3)cccc21. The van der Waals surface area contributed by atoms with E-state index in [1.165, 1.54) is 32.4 Å². The monoisotopic (exact) mass is 533 g/mol. The predicted molar refractivity (Wildman–Crippen MR) is 151 cm³/mol. The molecular formula is C30H35N3O4S. The normalized spacial score (nSPS) is 16.1. The second kappa shape index (κ2) is 12.0. The average molecular weight is 534 g/mol. The number of amides is 1. The molecular weight excluding hydrogens is 498 g/mol. The topological polar surface area (TPSA) is 79.0 Å². The van der Waals surface area contributed by atoms with Gasteiger partial charge >= 0.3 is 0 Å². The molecule has 0 saturated carbocycles. The van der Waals surface area contributed by atoms with Gasteiger partial charge < -0.3 is 14.5 Å². The number of nitrogens with one attached hydrogen (secondary N) is 1. The molecule has 0 radical (unpaired) electrons. The van der Waals surface area contributed by atoms with Crippen LogP contribution in [0.2, 0.25) is 0 Å². The minimum Gasteiger partial charge on any atom is -0.494 e. The van der Waals surface area contributed by atoms with Gasteiger partial charge in [-0.1, -0.05) is 30.7 Å². The number of hydrogen-bond acceptors (Lipinski definition) is 5. The first kappa shape index (κ1) is 26.3. The van der Waals surface area contributed by atoms with Crippen molar-refractivity contribution < 1.29 is 17.9 Å². The Kier molecular flexibility index (Phi) is 8.29. The summed E-state index contributed by atoms with van der Waals surface area (Å²) in [6.45, 7) is 4.68. The number of carbonyl (C=O) groups excluding carboxylic acids is 1. The van der Waals surface area contributed by atoms with Gasteiger partial charge in [-0.15, -0.1) is 0 Å². The van der Waals surface area contributed by atoms with E-state index < -0.39 is 10.0 Å². The van der Waals surface area contributed by atoms with Crippen molar-refractivity contribution in [1.82, 2.24) is 4.90 Å². The third-order valence-electron chi connectivity index (χ3n) is 7.23. The van der Waals surface area contributed by atoms with Crippen molar-refractivity contribution in [3.05, 3.63) is 83.9 Å². The number of piperidine rings is 1. The minimum absolute atomic E-state index is 0.106. The van der Waals surface area contributed by atoms with Crippen LogP contribution in [0.1, 0.15) is 48.0 Å². The van der Waals surface area contributed by atoms with Gasteiger partial charge in [0.2, 0.25) is 0 Å². The Hall–Kier alpha value is -3.36. The molecule has 2 aliphatic rings. The number of anilines is 2. The fourth-order valence-electron chi connectivity index (χ4n) is 5.25. The molecule has 3 aromatic rings. The number of hydrogen-bond donors (Lipinski definition) is 1. The Morgan fingerprint density at radius 3 is 2.37 bits per heavy atom. The molecule has 8 heteroatoms. The Bertz CT molecular complexity index is 1340. The zero-order valence-electron chi connectivity index (χ0n) is 21.6. The smallest absolute Gasteiger partial charge is 0.261 e. The highest BCUT2D eigenvalue weighted by Gasteiger charge is 2.26. The Balaban J connectivity index is 1.24. The van der Waals surface area contributed by atoms with Crippen molar-refractivity contribution in [1.29, 1.82) is 0 Å². The molecule has 1 saturated heterocycles. The van der Waals surface area contributed by atoms with Gasteiger partial charge in [0.1, 0.15) is 5.75 Å². The van der Waals surface area contributed by atoms with Gasteiger partial charge in [0.05, 0.1) is 17.2 Å². The maximum absolute atomic E-state index is 13.5. The van der Waals surface area contributed by atoms with E-state index in [2.05, 4.69) is 9.62 Å². The number of fused-ring (bicyclic) bond motifs is 1. The molecule has 200 valence electrons. The van der Waals surface area contributed by atoms with Gasteiger partial charge in [0, 0.05) is 29.9 Å². The molecule has 2 heterocycles. The number of likely N-dealkylation sites (tertiary alicyclic amines) is 1. The highest BCUT2D eigenvalue weighted by Crippen LogP contribution is 2.35. The summed E-state index contributed by atoms with van der Waals surface area (Å²) in [6, 6.07) is 21.0. The van der Waals surface area contributed by atoms with Crippen LogP contribution in [0.4, 0.5) is 11.4 Å². The minimum atomic E-state index is -3.73. The van der Waals surface area contributed by atoms with Crippen LogP contribution in [0.5, 0.6) is 5.75 Å². The van der Waals surface area contributed by atoms with Crippen LogP contribution in [0.15, 0.2) is 77.7 Å². The summed E-state index contributed by atoms with van der Waals surface area (Å²) in [7, 11) is -3.73. The van der Waals surface area contributed by atoms with Crippen molar-refractivity contribution in [3.63, 3.8) is 0 Å². The Morgan fingerprint density at radius 2 is 1.61 bits per heavy atom. The lowest BCUT2D eigenvalue weighted by Gasteiger charge is -2.31. The van der Waals surface area contributed by atoms with Gasteiger partial charge in [0.25, 0.3) is 15.9 Å². The van der Waals surface area contributed by atoms with Crippen LogP contribution in [0.3, 0.4) is 0 Å². The largest absolute Gasteiger partial charge is 0.494 e. The van der Waals surface area contributed by atoms with Crippen molar-refractivity contribution in [3.8, 4) is 5.75 Å². The maximum atomic E-state index is 13.5. The van der Waals surface area contributed by atoms with Gasteiger partial charge in [-0.05, 0) is 93.7 Å². The number of benzene rings is 3. The molecule has 1 amide bonds. The van der Waals surface area contributed by atoms with Crippen LogP contribution in [-0.4, -0.2) is 52.0 Å². The third-order valence-corrected chi connectivity index (χ3v) is 8.61. The Morgan fingerprint density at radius 1 is 0.842 bits per heavy atom. The number of nitrogens with zero attached hydrogens (tertiary/aromatic N) is 2. The van der Waals surface area contributed by atoms with E-state index in [0.29, 0.717) is 30.8 Å². The summed E-state index contributed by atoms with van der Waals surface area (Å²) in [5.41, 5.74) is 2.67. The van der Waals surface area contributed by atoms with Crippen molar-refractivity contribution in [2.75, 3.05) is 42.4 Å². The van der Waals surface area contributed by atoms with Crippen LogP contribution in [-0.2, 0) is 16.4 Å². The third kappa shape index (κ3) is 6.19. The molecule has 0 atom stereocenters. The first-order valence-electron chi connectivity index (χ1n) is 13.5. The lowest BCUT2D eigenvalue weighted by Crippen LogP contribution is -2.35. The van der Waals surface area contributed by atoms with Gasteiger partial charge in [-0.25, -0.2) is 8.42 Å². The molecule has 7 nitrogen and oxygen atoms in total. The molecule has 2 aliphatic heterocycles. The van der Waals surface area contributed by atoms with Crippen LogP contribution in [0.25, 0.3) is 0 Å². The number of rotatable bonds is 9. The second-order valence-electron chi connectivity index (χ2n) is 9.91. The van der Waals surface area contributed by atoms with Crippen LogP contribution < -0.4 is 14.4 Å². The lowest BCUT2D eigenvalue weighted by molar-refractivity contribution is 0.0985. The van der Waals surface area contributed by atoms with E-state index in [4.69, 9.17) is 4.74 Å². The number of ether oxygens (including phenoxy) is 1. The van der Waals surface area contributed by atoms with Crippen LogP contribution in [0, 0.1) is 0 Å². The van der Waals surface area contributed by atoms with Gasteiger partial charge in [-0.3, -0.25) is 9.52 Å². The first-order chi connectivity index (χ1) is 18.5. The highest BCUT2D eigenvalue weighted by atomic mass is 32.2. The molecule has 3 aromatic carbocycles. The number of carbonyl (C=O) groups is 1. The lowest BCUT2D eigenvalue weighted by atomic mass is 9.99. The standard InChI is InChI=1S/C30H35N3O4S/c34-30(24-15-17-25(18-16-24)37-23-9-21-32-19-5-2-6-20-32)33-22-8-12-27-28(13-7-14-29(27)33)31-38(35,36)26-10-3-1-4-11-26/h1,3-4,7,10-11,13-18,31H,2,5-6,8-9,12,19-23H2. The Labute approximate surface area is 225 Å². The summed E-state index contributed by atoms with van der Waals surface area (Å²) >= 11 is 0. The maximum Gasteiger partial charge on any atom is 0.261 e. The summed E-state index contributed by atoms with van der Waals surface area (Å²) in [5, 5.41) is 0. The molecule has 0 unspecified atom stereocenters. The highest BCUT2D eigenvalue weighted by molar-refractivity contribution is 7.92. The van der Waals surface area contributed by atoms with Crippen molar-refractivity contribution in [2.45, 2.75) is 43.4 Å². The van der Waals surface area contributed by atoms with Crippen molar-refractivity contribution in [2.24, 2.45) is 0 Å². The van der Waals surface area contributed by atoms with Gasteiger partial charge in [-0.2, -0.15) is 0 Å². The molecule has 1 fully saturated rings. The van der Waals surface area contributed by atoms with Crippen molar-refractivity contribution >= 4 is 27.3 Å². The second-order valence-corrected chi connectivity index (χ2v) is 11.6. The van der Waals surface area contributed by atoms with Crippen LogP contribution >= 0.6 is 0 Å². The van der Waals surface area contributed by atoms with E-state index in [1.807, 2.05) is 18.2 Å². The average Bonchev–Trinajstić information content (AvgIpc) is 2.96. The molecule has 0 bridgehead atoms. The van der Waals surface area contributed by atoms with Gasteiger partial charge in [0.15, 0.2) is 0 Å². The zero-order chi connectivity index (χ0) is 26.4. The summed E-state index contributed by atoms with van der Waals surface area (Å²) < 4.78 is 34.5. The summed E-state index contributed by atoms with van der Waals surface area (Å²) in [6.07, 6.45) is 6.36. The summed E-state index contributed by atoms with van der Waals surface area (Å²) in [5.74, 6) is 0.655. The fraction of sp³-hybridized carbons (Fsp3) is 0.367. The van der Waals surface area contributed by atoms with E-state index in [1.54, 1.807) is 59.5 Å². The fourth-order valence-corrected chi connectivity index (χ4v) is 6.36. The summed E-state index contributed by atoms with van der Waals surface area (Å²) in [4.78, 5) is 17.9.